The molecular formula is C18H24N4O3. The van der Waals surface area contributed by atoms with E-state index in [-0.39, 0.29) is 5.91 Å². The number of aromatic nitrogens is 2. The van der Waals surface area contributed by atoms with Crippen LogP contribution in [0, 0.1) is 0 Å². The van der Waals surface area contributed by atoms with Crippen LogP contribution in [-0.2, 0) is 11.2 Å². The first-order valence-electron chi connectivity index (χ1n) is 8.19. The van der Waals surface area contributed by atoms with E-state index in [0.717, 1.165) is 24.3 Å². The Morgan fingerprint density at radius 3 is 2.60 bits per heavy atom. The molecule has 7 nitrogen and oxygen atoms in total. The van der Waals surface area contributed by atoms with E-state index in [9.17, 15) is 4.79 Å². The Kier molecular flexibility index (Phi) is 7.65. The lowest BCUT2D eigenvalue weighted by Crippen LogP contribution is -2.26. The first-order valence-corrected chi connectivity index (χ1v) is 8.19. The van der Waals surface area contributed by atoms with Gasteiger partial charge in [-0.15, -0.1) is 0 Å². The molecule has 0 aliphatic rings. The molecule has 0 fully saturated rings. The molecule has 0 bridgehead atoms. The summed E-state index contributed by atoms with van der Waals surface area (Å²) in [5, 5.41) is 5.94. The van der Waals surface area contributed by atoms with Crippen molar-refractivity contribution in [2.45, 2.75) is 12.8 Å². The minimum atomic E-state index is -0.194. The maximum atomic E-state index is 12.1. The molecule has 0 aliphatic carbocycles. The molecule has 0 saturated carbocycles. The van der Waals surface area contributed by atoms with E-state index < -0.39 is 0 Å². The molecule has 7 heteroatoms. The van der Waals surface area contributed by atoms with Crippen molar-refractivity contribution in [1.82, 2.24) is 15.3 Å². The average Bonchev–Trinajstić information content (AvgIpc) is 2.66. The molecule has 0 saturated heterocycles. The summed E-state index contributed by atoms with van der Waals surface area (Å²) >= 11 is 0. The number of hydrogen-bond acceptors (Lipinski definition) is 6. The van der Waals surface area contributed by atoms with Gasteiger partial charge in [0.25, 0.3) is 5.91 Å². The number of nitrogens with one attached hydrogen (secondary N) is 2. The summed E-state index contributed by atoms with van der Waals surface area (Å²) < 4.78 is 10.3. The van der Waals surface area contributed by atoms with E-state index >= 15 is 0 Å². The highest BCUT2D eigenvalue weighted by atomic mass is 16.5. The van der Waals surface area contributed by atoms with E-state index in [0.29, 0.717) is 31.1 Å². The van der Waals surface area contributed by atoms with E-state index in [1.54, 1.807) is 14.2 Å². The molecule has 2 rings (SSSR count). The van der Waals surface area contributed by atoms with E-state index in [2.05, 4.69) is 20.6 Å². The lowest BCUT2D eigenvalue weighted by Gasteiger charge is -2.09. The molecular weight excluding hydrogens is 320 g/mol. The molecule has 0 spiro atoms. The molecule has 1 aromatic carbocycles. The van der Waals surface area contributed by atoms with Crippen molar-refractivity contribution in [1.29, 1.82) is 0 Å². The summed E-state index contributed by atoms with van der Waals surface area (Å²) in [6.45, 7) is 1.91. The summed E-state index contributed by atoms with van der Waals surface area (Å²) in [5.74, 6) is 1.13. The number of rotatable bonds is 10. The smallest absolute Gasteiger partial charge is 0.254 e. The number of amides is 1. The number of ether oxygens (including phenoxy) is 2. The highest BCUT2D eigenvalue weighted by Gasteiger charge is 2.08. The van der Waals surface area contributed by atoms with Crippen LogP contribution >= 0.6 is 0 Å². The van der Waals surface area contributed by atoms with E-state index in [1.165, 1.54) is 12.4 Å². The second-order valence-corrected chi connectivity index (χ2v) is 5.39. The van der Waals surface area contributed by atoms with Crippen LogP contribution in [0.4, 0.5) is 5.95 Å². The second-order valence-electron chi connectivity index (χ2n) is 5.39. The third-order valence-corrected chi connectivity index (χ3v) is 3.59. The van der Waals surface area contributed by atoms with Gasteiger partial charge in [-0.3, -0.25) is 4.79 Å². The van der Waals surface area contributed by atoms with Crippen molar-refractivity contribution in [2.24, 2.45) is 0 Å². The van der Waals surface area contributed by atoms with Gasteiger partial charge < -0.3 is 20.1 Å². The van der Waals surface area contributed by atoms with Crippen molar-refractivity contribution < 1.29 is 14.3 Å². The Hall–Kier alpha value is -2.67. The van der Waals surface area contributed by atoms with Crippen molar-refractivity contribution in [3.8, 4) is 5.75 Å². The van der Waals surface area contributed by atoms with Gasteiger partial charge in [0.1, 0.15) is 5.75 Å². The van der Waals surface area contributed by atoms with Crippen molar-refractivity contribution in [2.75, 3.05) is 39.2 Å². The largest absolute Gasteiger partial charge is 0.496 e. The van der Waals surface area contributed by atoms with Gasteiger partial charge >= 0.3 is 0 Å². The van der Waals surface area contributed by atoms with Gasteiger partial charge in [-0.2, -0.15) is 0 Å². The zero-order valence-corrected chi connectivity index (χ0v) is 14.6. The fourth-order valence-corrected chi connectivity index (χ4v) is 2.28. The van der Waals surface area contributed by atoms with Gasteiger partial charge in [0, 0.05) is 39.2 Å². The van der Waals surface area contributed by atoms with Crippen molar-refractivity contribution >= 4 is 11.9 Å². The minimum absolute atomic E-state index is 0.194. The van der Waals surface area contributed by atoms with Crippen LogP contribution in [-0.4, -0.2) is 49.8 Å². The van der Waals surface area contributed by atoms with Crippen LogP contribution in [0.5, 0.6) is 5.75 Å². The predicted octanol–water partition coefficient (Wildman–Crippen LogP) is 1.91. The van der Waals surface area contributed by atoms with Gasteiger partial charge in [-0.05, 0) is 24.5 Å². The summed E-state index contributed by atoms with van der Waals surface area (Å²) in [5.41, 5.74) is 1.49. The third-order valence-electron chi connectivity index (χ3n) is 3.59. The number of carbonyl (C=O) groups is 1. The summed E-state index contributed by atoms with van der Waals surface area (Å²) in [6, 6.07) is 7.76. The number of carbonyl (C=O) groups excluding carboxylic acids is 1. The number of methoxy groups -OCH3 is 2. The first-order chi connectivity index (χ1) is 12.2. The molecule has 0 radical (unpaired) electrons. The highest BCUT2D eigenvalue weighted by Crippen LogP contribution is 2.17. The Labute approximate surface area is 147 Å². The van der Waals surface area contributed by atoms with Crippen LogP contribution < -0.4 is 15.4 Å². The van der Waals surface area contributed by atoms with Crippen molar-refractivity contribution in [3.63, 3.8) is 0 Å². The molecule has 2 N–H and O–H groups in total. The van der Waals surface area contributed by atoms with Gasteiger partial charge in [-0.1, -0.05) is 18.2 Å². The standard InChI is InChI=1S/C18H24N4O3/c1-24-11-5-9-20-18-21-12-15(13-22-18)17(23)19-10-8-14-6-3-4-7-16(14)25-2/h3-4,6-7,12-13H,5,8-11H2,1-2H3,(H,19,23)(H,20,21,22). The molecule has 0 atom stereocenters. The molecule has 0 unspecified atom stereocenters. The first kappa shape index (κ1) is 18.7. The summed E-state index contributed by atoms with van der Waals surface area (Å²) in [4.78, 5) is 20.4. The number of benzene rings is 1. The Bertz CT molecular complexity index is 662. The molecule has 25 heavy (non-hydrogen) atoms. The van der Waals surface area contributed by atoms with E-state index in [1.807, 2.05) is 24.3 Å². The highest BCUT2D eigenvalue weighted by molar-refractivity contribution is 5.93. The molecule has 134 valence electrons. The molecule has 1 aromatic heterocycles. The Morgan fingerprint density at radius 1 is 1.12 bits per heavy atom. The van der Waals surface area contributed by atoms with Gasteiger partial charge in [0.2, 0.25) is 5.95 Å². The number of hydrogen-bond donors (Lipinski definition) is 2. The lowest BCUT2D eigenvalue weighted by atomic mass is 10.1. The number of para-hydroxylation sites is 1. The van der Waals surface area contributed by atoms with Crippen LogP contribution in [0.25, 0.3) is 0 Å². The number of nitrogens with zero attached hydrogens (tertiary/aromatic N) is 2. The average molecular weight is 344 g/mol. The van der Waals surface area contributed by atoms with Crippen LogP contribution in [0.2, 0.25) is 0 Å². The van der Waals surface area contributed by atoms with Crippen LogP contribution in [0.1, 0.15) is 22.3 Å². The maximum Gasteiger partial charge on any atom is 0.254 e. The zero-order chi connectivity index (χ0) is 17.9. The monoisotopic (exact) mass is 344 g/mol. The Balaban J connectivity index is 1.78. The topological polar surface area (TPSA) is 85.4 Å². The lowest BCUT2D eigenvalue weighted by molar-refractivity contribution is 0.0953. The SMILES string of the molecule is COCCCNc1ncc(C(=O)NCCc2ccccc2OC)cn1. The Morgan fingerprint density at radius 2 is 1.88 bits per heavy atom. The fourth-order valence-electron chi connectivity index (χ4n) is 2.28. The van der Waals surface area contributed by atoms with E-state index in [4.69, 9.17) is 9.47 Å². The number of anilines is 1. The van der Waals surface area contributed by atoms with Gasteiger partial charge in [-0.25, -0.2) is 9.97 Å². The molecule has 1 amide bonds. The molecule has 2 aromatic rings. The quantitative estimate of drug-likeness (QED) is 0.641. The normalized spacial score (nSPS) is 10.3. The maximum absolute atomic E-state index is 12.1. The van der Waals surface area contributed by atoms with Gasteiger partial charge in [0.15, 0.2) is 0 Å². The van der Waals surface area contributed by atoms with Crippen LogP contribution in [0.15, 0.2) is 36.7 Å². The fraction of sp³-hybridized carbons (Fsp3) is 0.389. The van der Waals surface area contributed by atoms with Crippen LogP contribution in [0.3, 0.4) is 0 Å². The third kappa shape index (κ3) is 6.04. The summed E-state index contributed by atoms with van der Waals surface area (Å²) in [6.07, 6.45) is 4.59. The molecule has 1 heterocycles. The van der Waals surface area contributed by atoms with Crippen molar-refractivity contribution in [3.05, 3.63) is 47.8 Å². The molecule has 0 aliphatic heterocycles. The zero-order valence-electron chi connectivity index (χ0n) is 14.6. The summed E-state index contributed by atoms with van der Waals surface area (Å²) in [7, 11) is 3.30. The van der Waals surface area contributed by atoms with Gasteiger partial charge in [0.05, 0.1) is 12.7 Å². The predicted molar refractivity (Wildman–Crippen MR) is 96.0 cm³/mol. The minimum Gasteiger partial charge on any atom is -0.496 e. The second kappa shape index (κ2) is 10.2.